The average molecular weight is 246 g/mol. The van der Waals surface area contributed by atoms with Crippen molar-refractivity contribution in [2.75, 3.05) is 32.8 Å². The van der Waals surface area contributed by atoms with Crippen LogP contribution in [0.25, 0.3) is 6.08 Å². The maximum atomic E-state index is 11.7. The third-order valence-electron chi connectivity index (χ3n) is 2.79. The monoisotopic (exact) mass is 246 g/mol. The zero-order valence-electron chi connectivity index (χ0n) is 10.3. The van der Waals surface area contributed by atoms with Crippen LogP contribution >= 0.6 is 0 Å². The zero-order chi connectivity index (χ0) is 12.6. The Kier molecular flexibility index (Phi) is 4.78. The fourth-order valence-electron chi connectivity index (χ4n) is 1.81. The summed E-state index contributed by atoms with van der Waals surface area (Å²) in [5.74, 6) is 0. The molecule has 1 N–H and O–H groups in total. The zero-order valence-corrected chi connectivity index (χ0v) is 10.3. The van der Waals surface area contributed by atoms with E-state index in [-0.39, 0.29) is 6.09 Å². The van der Waals surface area contributed by atoms with E-state index in [1.54, 1.807) is 4.90 Å². The molecule has 0 aromatic heterocycles. The van der Waals surface area contributed by atoms with E-state index in [1.165, 1.54) is 0 Å². The van der Waals surface area contributed by atoms with Gasteiger partial charge in [0.25, 0.3) is 0 Å². The molecular formula is C14H18N2O2. The van der Waals surface area contributed by atoms with Crippen molar-refractivity contribution in [2.24, 2.45) is 0 Å². The summed E-state index contributed by atoms with van der Waals surface area (Å²) in [6.45, 7) is 3.45. The molecule has 1 saturated heterocycles. The predicted molar refractivity (Wildman–Crippen MR) is 71.3 cm³/mol. The maximum Gasteiger partial charge on any atom is 0.410 e. The van der Waals surface area contributed by atoms with E-state index < -0.39 is 0 Å². The summed E-state index contributed by atoms with van der Waals surface area (Å²) in [7, 11) is 0. The standard InChI is InChI=1S/C14H18N2O2/c17-14(16-10-8-15-9-11-16)18-12-4-7-13-5-2-1-3-6-13/h1-7,15H,8-12H2/b7-4+. The molecule has 4 heteroatoms. The summed E-state index contributed by atoms with van der Waals surface area (Å²) in [4.78, 5) is 13.4. The first-order chi connectivity index (χ1) is 8.86. The number of carbonyl (C=O) groups excluding carboxylic acids is 1. The Morgan fingerprint density at radius 3 is 2.72 bits per heavy atom. The topological polar surface area (TPSA) is 41.6 Å². The Morgan fingerprint density at radius 2 is 2.00 bits per heavy atom. The van der Waals surface area contributed by atoms with Crippen LogP contribution in [0.15, 0.2) is 36.4 Å². The van der Waals surface area contributed by atoms with Gasteiger partial charge in [-0.05, 0) is 11.6 Å². The van der Waals surface area contributed by atoms with Gasteiger partial charge >= 0.3 is 6.09 Å². The first-order valence-electron chi connectivity index (χ1n) is 6.20. The number of carbonyl (C=O) groups is 1. The summed E-state index contributed by atoms with van der Waals surface area (Å²) >= 11 is 0. The summed E-state index contributed by atoms with van der Waals surface area (Å²) in [5, 5.41) is 3.19. The molecule has 0 saturated carbocycles. The molecule has 2 rings (SSSR count). The normalized spacial score (nSPS) is 15.9. The molecule has 0 atom stereocenters. The molecule has 1 amide bonds. The Bertz CT molecular complexity index is 398. The molecule has 1 aliphatic heterocycles. The average Bonchev–Trinajstić information content (AvgIpc) is 2.45. The molecule has 0 radical (unpaired) electrons. The second kappa shape index (κ2) is 6.81. The van der Waals surface area contributed by atoms with Gasteiger partial charge in [0.1, 0.15) is 6.61 Å². The molecule has 0 spiro atoms. The van der Waals surface area contributed by atoms with E-state index in [0.717, 1.165) is 31.7 Å². The van der Waals surface area contributed by atoms with Gasteiger partial charge in [0.2, 0.25) is 0 Å². The number of amides is 1. The van der Waals surface area contributed by atoms with Gasteiger partial charge in [-0.25, -0.2) is 4.79 Å². The quantitative estimate of drug-likeness (QED) is 0.883. The van der Waals surface area contributed by atoms with Crippen molar-refractivity contribution in [2.45, 2.75) is 0 Å². The van der Waals surface area contributed by atoms with E-state index in [4.69, 9.17) is 4.74 Å². The molecule has 4 nitrogen and oxygen atoms in total. The van der Waals surface area contributed by atoms with Crippen molar-refractivity contribution in [1.82, 2.24) is 10.2 Å². The number of benzene rings is 1. The van der Waals surface area contributed by atoms with Crippen LogP contribution in [0.1, 0.15) is 5.56 Å². The molecule has 1 aromatic rings. The Hall–Kier alpha value is -1.81. The van der Waals surface area contributed by atoms with Crippen LogP contribution in [-0.4, -0.2) is 43.8 Å². The lowest BCUT2D eigenvalue weighted by atomic mass is 10.2. The number of ether oxygens (including phenoxy) is 1. The van der Waals surface area contributed by atoms with Crippen LogP contribution < -0.4 is 5.32 Å². The van der Waals surface area contributed by atoms with E-state index in [9.17, 15) is 4.79 Å². The van der Waals surface area contributed by atoms with Gasteiger partial charge in [-0.1, -0.05) is 36.4 Å². The summed E-state index contributed by atoms with van der Waals surface area (Å²) in [6, 6.07) is 9.95. The van der Waals surface area contributed by atoms with Crippen LogP contribution in [0.3, 0.4) is 0 Å². The third-order valence-corrected chi connectivity index (χ3v) is 2.79. The largest absolute Gasteiger partial charge is 0.445 e. The van der Waals surface area contributed by atoms with Gasteiger partial charge in [0, 0.05) is 26.2 Å². The van der Waals surface area contributed by atoms with Crippen molar-refractivity contribution in [3.8, 4) is 0 Å². The van der Waals surface area contributed by atoms with Gasteiger partial charge < -0.3 is 15.0 Å². The van der Waals surface area contributed by atoms with E-state index in [2.05, 4.69) is 5.32 Å². The molecule has 1 fully saturated rings. The molecule has 0 bridgehead atoms. The van der Waals surface area contributed by atoms with Crippen LogP contribution in [0.2, 0.25) is 0 Å². The molecule has 0 unspecified atom stereocenters. The second-order valence-corrected chi connectivity index (χ2v) is 4.13. The highest BCUT2D eigenvalue weighted by Gasteiger charge is 2.16. The first-order valence-corrected chi connectivity index (χ1v) is 6.20. The van der Waals surface area contributed by atoms with E-state index in [0.29, 0.717) is 6.61 Å². The minimum Gasteiger partial charge on any atom is -0.445 e. The fourth-order valence-corrected chi connectivity index (χ4v) is 1.81. The molecule has 1 heterocycles. The predicted octanol–water partition coefficient (Wildman–Crippen LogP) is 1.74. The Labute approximate surface area is 107 Å². The van der Waals surface area contributed by atoms with Crippen LogP contribution in [-0.2, 0) is 4.74 Å². The van der Waals surface area contributed by atoms with Crippen LogP contribution in [0, 0.1) is 0 Å². The van der Waals surface area contributed by atoms with Crippen molar-refractivity contribution in [3.63, 3.8) is 0 Å². The Morgan fingerprint density at radius 1 is 1.28 bits per heavy atom. The molecule has 1 aliphatic rings. The lowest BCUT2D eigenvalue weighted by Crippen LogP contribution is -2.46. The lowest BCUT2D eigenvalue weighted by molar-refractivity contribution is 0.107. The summed E-state index contributed by atoms with van der Waals surface area (Å²) in [5.41, 5.74) is 1.11. The third kappa shape index (κ3) is 3.89. The highest BCUT2D eigenvalue weighted by Crippen LogP contribution is 2.01. The maximum absolute atomic E-state index is 11.7. The lowest BCUT2D eigenvalue weighted by Gasteiger charge is -2.26. The van der Waals surface area contributed by atoms with Gasteiger partial charge in [-0.3, -0.25) is 0 Å². The molecule has 1 aromatic carbocycles. The van der Waals surface area contributed by atoms with Crippen LogP contribution in [0.4, 0.5) is 4.79 Å². The molecular weight excluding hydrogens is 228 g/mol. The van der Waals surface area contributed by atoms with Gasteiger partial charge in [0.15, 0.2) is 0 Å². The van der Waals surface area contributed by atoms with Crippen molar-refractivity contribution < 1.29 is 9.53 Å². The number of hydrogen-bond donors (Lipinski definition) is 1. The fraction of sp³-hybridized carbons (Fsp3) is 0.357. The number of nitrogens with one attached hydrogen (secondary N) is 1. The second-order valence-electron chi connectivity index (χ2n) is 4.13. The van der Waals surface area contributed by atoms with Crippen LogP contribution in [0.5, 0.6) is 0 Å². The minimum atomic E-state index is -0.228. The molecule has 96 valence electrons. The molecule has 18 heavy (non-hydrogen) atoms. The van der Waals surface area contributed by atoms with Gasteiger partial charge in [-0.15, -0.1) is 0 Å². The number of nitrogens with zero attached hydrogens (tertiary/aromatic N) is 1. The number of rotatable bonds is 3. The Balaban J connectivity index is 1.71. The van der Waals surface area contributed by atoms with E-state index in [1.807, 2.05) is 42.5 Å². The van der Waals surface area contributed by atoms with Gasteiger partial charge in [0.05, 0.1) is 0 Å². The van der Waals surface area contributed by atoms with Crippen molar-refractivity contribution in [1.29, 1.82) is 0 Å². The first kappa shape index (κ1) is 12.6. The summed E-state index contributed by atoms with van der Waals surface area (Å²) in [6.07, 6.45) is 3.58. The van der Waals surface area contributed by atoms with Gasteiger partial charge in [-0.2, -0.15) is 0 Å². The highest BCUT2D eigenvalue weighted by atomic mass is 16.6. The van der Waals surface area contributed by atoms with Crippen molar-refractivity contribution >= 4 is 12.2 Å². The number of hydrogen-bond acceptors (Lipinski definition) is 3. The van der Waals surface area contributed by atoms with E-state index >= 15 is 0 Å². The molecule has 0 aliphatic carbocycles. The van der Waals surface area contributed by atoms with Crippen molar-refractivity contribution in [3.05, 3.63) is 42.0 Å². The summed E-state index contributed by atoms with van der Waals surface area (Å²) < 4.78 is 5.18. The SMILES string of the molecule is O=C(OC/C=C/c1ccccc1)N1CCNCC1. The highest BCUT2D eigenvalue weighted by molar-refractivity contribution is 5.68. The number of piperazine rings is 1. The smallest absolute Gasteiger partial charge is 0.410 e. The minimum absolute atomic E-state index is 0.228.